The number of para-hydroxylation sites is 1. The van der Waals surface area contributed by atoms with E-state index in [0.717, 1.165) is 0 Å². The maximum atomic E-state index is 2.34. The first-order valence-corrected chi connectivity index (χ1v) is 13.4. The van der Waals surface area contributed by atoms with Crippen molar-refractivity contribution < 1.29 is 0 Å². The molecule has 0 amide bonds. The van der Waals surface area contributed by atoms with E-state index in [2.05, 4.69) is 145 Å². The summed E-state index contributed by atoms with van der Waals surface area (Å²) in [5.74, 6) is 0. The van der Waals surface area contributed by atoms with Crippen LogP contribution >= 0.6 is 11.3 Å². The molecule has 0 spiro atoms. The molecule has 0 aliphatic heterocycles. The molecule has 0 radical (unpaired) electrons. The first-order valence-electron chi connectivity index (χ1n) is 12.6. The molecule has 176 valence electrons. The second kappa shape index (κ2) is 8.92. The highest BCUT2D eigenvalue weighted by molar-refractivity contribution is 7.26. The van der Waals surface area contributed by atoms with Crippen molar-refractivity contribution in [3.05, 3.63) is 133 Å². The van der Waals surface area contributed by atoms with Gasteiger partial charge in [0.25, 0.3) is 0 Å². The molecule has 0 atom stereocenters. The van der Waals surface area contributed by atoms with Crippen LogP contribution in [0.15, 0.2) is 133 Å². The number of benzene rings is 6. The van der Waals surface area contributed by atoms with Gasteiger partial charge in [-0.3, -0.25) is 0 Å². The Morgan fingerprint density at radius 2 is 1.19 bits per heavy atom. The van der Waals surface area contributed by atoms with E-state index in [9.17, 15) is 0 Å². The van der Waals surface area contributed by atoms with Gasteiger partial charge in [-0.05, 0) is 63.9 Å². The second-order valence-electron chi connectivity index (χ2n) is 9.47. The normalized spacial score (nSPS) is 11.4. The molecule has 2 heteroatoms. The zero-order valence-electron chi connectivity index (χ0n) is 20.6. The van der Waals surface area contributed by atoms with Gasteiger partial charge in [-0.15, -0.1) is 11.3 Å². The summed E-state index contributed by atoms with van der Waals surface area (Å²) < 4.78 is 2.68. The molecule has 0 bridgehead atoms. The largest absolute Gasteiger partial charge is 0.345 e. The number of hydrogen-bond donors (Lipinski definition) is 0. The van der Waals surface area contributed by atoms with Crippen LogP contribution in [0.3, 0.4) is 0 Å². The Balaban J connectivity index is 1.42. The molecule has 1 heterocycles. The fourth-order valence-corrected chi connectivity index (χ4v) is 6.60. The second-order valence-corrected chi connectivity index (χ2v) is 10.5. The fraction of sp³-hybridized carbons (Fsp3) is 0.0286. The standard InChI is InChI=1S/C35H25NS/c1-36(28-11-3-2-4-12-28)29-19-17-25(18-20-29)30-21-22-32-31-13-7-8-14-33(31)37-35(32)34(30)27-16-15-24-9-5-6-10-26(24)23-27/h2-23H,1H3. The average Bonchev–Trinajstić information content (AvgIpc) is 3.35. The maximum absolute atomic E-state index is 2.34. The molecule has 0 aliphatic carbocycles. The van der Waals surface area contributed by atoms with Crippen molar-refractivity contribution in [3.63, 3.8) is 0 Å². The van der Waals surface area contributed by atoms with E-state index >= 15 is 0 Å². The van der Waals surface area contributed by atoms with Crippen molar-refractivity contribution in [2.75, 3.05) is 11.9 Å². The topological polar surface area (TPSA) is 3.24 Å². The van der Waals surface area contributed by atoms with Crippen LogP contribution in [0.25, 0.3) is 53.2 Å². The molecule has 0 saturated heterocycles. The van der Waals surface area contributed by atoms with Crippen molar-refractivity contribution in [2.45, 2.75) is 0 Å². The summed E-state index contributed by atoms with van der Waals surface area (Å²) in [6, 6.07) is 48.3. The lowest BCUT2D eigenvalue weighted by Gasteiger charge is -2.20. The van der Waals surface area contributed by atoms with Gasteiger partial charge >= 0.3 is 0 Å². The van der Waals surface area contributed by atoms with Gasteiger partial charge < -0.3 is 4.90 Å². The lowest BCUT2D eigenvalue weighted by atomic mass is 9.91. The number of rotatable bonds is 4. The zero-order chi connectivity index (χ0) is 24.8. The predicted octanol–water partition coefficient (Wildman–Crippen LogP) is 10.3. The van der Waals surface area contributed by atoms with E-state index in [1.165, 1.54) is 64.6 Å². The third-order valence-corrected chi connectivity index (χ3v) is 8.50. The molecular weight excluding hydrogens is 466 g/mol. The molecular formula is C35H25NS. The van der Waals surface area contributed by atoms with Crippen LogP contribution in [0.5, 0.6) is 0 Å². The molecule has 7 aromatic rings. The molecule has 0 fully saturated rings. The van der Waals surface area contributed by atoms with E-state index in [-0.39, 0.29) is 0 Å². The van der Waals surface area contributed by atoms with Crippen molar-refractivity contribution >= 4 is 53.7 Å². The fourth-order valence-electron chi connectivity index (χ4n) is 5.33. The Morgan fingerprint density at radius 3 is 2.03 bits per heavy atom. The minimum Gasteiger partial charge on any atom is -0.345 e. The summed E-state index contributed by atoms with van der Waals surface area (Å²) in [5.41, 5.74) is 7.42. The first-order chi connectivity index (χ1) is 18.3. The number of hydrogen-bond acceptors (Lipinski definition) is 2. The van der Waals surface area contributed by atoms with Crippen molar-refractivity contribution in [3.8, 4) is 22.3 Å². The van der Waals surface area contributed by atoms with Crippen LogP contribution in [-0.4, -0.2) is 7.05 Å². The van der Waals surface area contributed by atoms with Gasteiger partial charge in [0.05, 0.1) is 0 Å². The maximum Gasteiger partial charge on any atom is 0.0440 e. The van der Waals surface area contributed by atoms with Crippen LogP contribution in [-0.2, 0) is 0 Å². The lowest BCUT2D eigenvalue weighted by Crippen LogP contribution is -2.08. The molecule has 6 aromatic carbocycles. The van der Waals surface area contributed by atoms with Gasteiger partial charge in [0.15, 0.2) is 0 Å². The van der Waals surface area contributed by atoms with Gasteiger partial charge in [0.2, 0.25) is 0 Å². The molecule has 0 N–H and O–H groups in total. The molecule has 1 aromatic heterocycles. The SMILES string of the molecule is CN(c1ccccc1)c1ccc(-c2ccc3c(sc4ccccc43)c2-c2ccc3ccccc3c2)cc1. The number of fused-ring (bicyclic) bond motifs is 4. The summed E-state index contributed by atoms with van der Waals surface area (Å²) in [6.45, 7) is 0. The molecule has 0 aliphatic rings. The zero-order valence-corrected chi connectivity index (χ0v) is 21.4. The van der Waals surface area contributed by atoms with E-state index in [1.807, 2.05) is 11.3 Å². The molecule has 0 unspecified atom stereocenters. The summed E-state index contributed by atoms with van der Waals surface area (Å²) in [6.07, 6.45) is 0. The van der Waals surface area contributed by atoms with E-state index in [4.69, 9.17) is 0 Å². The van der Waals surface area contributed by atoms with Gasteiger partial charge in [0.1, 0.15) is 0 Å². The molecule has 7 rings (SSSR count). The molecule has 0 saturated carbocycles. The van der Waals surface area contributed by atoms with E-state index < -0.39 is 0 Å². The number of nitrogens with zero attached hydrogens (tertiary/aromatic N) is 1. The average molecular weight is 492 g/mol. The van der Waals surface area contributed by atoms with Gasteiger partial charge in [-0.25, -0.2) is 0 Å². The van der Waals surface area contributed by atoms with E-state index in [1.54, 1.807) is 0 Å². The van der Waals surface area contributed by atoms with Crippen LogP contribution < -0.4 is 4.90 Å². The van der Waals surface area contributed by atoms with E-state index in [0.29, 0.717) is 0 Å². The summed E-state index contributed by atoms with van der Waals surface area (Å²) >= 11 is 1.89. The third kappa shape index (κ3) is 3.78. The van der Waals surface area contributed by atoms with Crippen LogP contribution in [0.4, 0.5) is 11.4 Å². The molecule has 1 nitrogen and oxygen atoms in total. The monoisotopic (exact) mass is 491 g/mol. The van der Waals surface area contributed by atoms with Crippen LogP contribution in [0.1, 0.15) is 0 Å². The Labute approximate surface area is 220 Å². The number of thiophene rings is 1. The third-order valence-electron chi connectivity index (χ3n) is 7.29. The Hall–Kier alpha value is -4.40. The predicted molar refractivity (Wildman–Crippen MR) is 162 cm³/mol. The Morgan fingerprint density at radius 1 is 0.514 bits per heavy atom. The van der Waals surface area contributed by atoms with Crippen LogP contribution in [0, 0.1) is 0 Å². The van der Waals surface area contributed by atoms with Gasteiger partial charge in [-0.1, -0.05) is 97.1 Å². The minimum absolute atomic E-state index is 1.17. The quantitative estimate of drug-likeness (QED) is 0.237. The van der Waals surface area contributed by atoms with Crippen LogP contribution in [0.2, 0.25) is 0 Å². The highest BCUT2D eigenvalue weighted by Crippen LogP contribution is 2.45. The highest BCUT2D eigenvalue weighted by atomic mass is 32.1. The van der Waals surface area contributed by atoms with Gasteiger partial charge in [0, 0.05) is 44.2 Å². The van der Waals surface area contributed by atoms with Gasteiger partial charge in [-0.2, -0.15) is 0 Å². The van der Waals surface area contributed by atoms with Crippen molar-refractivity contribution in [1.29, 1.82) is 0 Å². The minimum atomic E-state index is 1.17. The first kappa shape index (κ1) is 21.8. The molecule has 37 heavy (non-hydrogen) atoms. The van der Waals surface area contributed by atoms with Crippen molar-refractivity contribution in [2.24, 2.45) is 0 Å². The van der Waals surface area contributed by atoms with Crippen molar-refractivity contribution in [1.82, 2.24) is 0 Å². The Kier molecular flexibility index (Phi) is 5.27. The number of anilines is 2. The summed E-state index contributed by atoms with van der Waals surface area (Å²) in [4.78, 5) is 2.23. The summed E-state index contributed by atoms with van der Waals surface area (Å²) in [7, 11) is 2.12. The summed E-state index contributed by atoms with van der Waals surface area (Å²) in [5, 5.41) is 5.19. The Bertz CT molecular complexity index is 1880. The smallest absolute Gasteiger partial charge is 0.0440 e. The highest BCUT2D eigenvalue weighted by Gasteiger charge is 2.16. The lowest BCUT2D eigenvalue weighted by molar-refractivity contribution is 1.21.